The second kappa shape index (κ2) is 9.63. The number of carbonyl (C=O) groups is 2. The largest absolute Gasteiger partial charge is 0.573 e. The van der Waals surface area contributed by atoms with Crippen molar-refractivity contribution in [3.63, 3.8) is 0 Å². The number of benzene rings is 1. The van der Waals surface area contributed by atoms with Crippen molar-refractivity contribution < 1.29 is 32.6 Å². The van der Waals surface area contributed by atoms with Gasteiger partial charge < -0.3 is 15.2 Å². The zero-order chi connectivity index (χ0) is 18.4. The minimum absolute atomic E-state index is 0. The summed E-state index contributed by atoms with van der Waals surface area (Å²) in [6, 6.07) is 4.80. The Hall–Kier alpha value is -2.00. The summed E-state index contributed by atoms with van der Waals surface area (Å²) in [4.78, 5) is 24.6. The van der Waals surface area contributed by atoms with E-state index in [9.17, 15) is 22.8 Å². The molecule has 1 aromatic carbocycles. The number of rotatable bonds is 7. The van der Waals surface area contributed by atoms with Crippen LogP contribution < -0.4 is 10.1 Å². The zero-order valence-electron chi connectivity index (χ0n) is 13.8. The van der Waals surface area contributed by atoms with Gasteiger partial charge in [0.15, 0.2) is 0 Å². The van der Waals surface area contributed by atoms with Gasteiger partial charge in [0.25, 0.3) is 0 Å². The van der Waals surface area contributed by atoms with Crippen LogP contribution in [0.4, 0.5) is 13.2 Å². The summed E-state index contributed by atoms with van der Waals surface area (Å²) < 4.78 is 40.0. The van der Waals surface area contributed by atoms with Gasteiger partial charge in [0.2, 0.25) is 5.91 Å². The summed E-state index contributed by atoms with van der Waals surface area (Å²) in [5.74, 6) is -1.49. The van der Waals surface area contributed by atoms with E-state index in [0.29, 0.717) is 25.9 Å². The SMILES string of the molecule is Cl.O=C(CN1CCC[C@@H]1C(=O)O)NCCc1ccc(OC(F)(F)F)cc1. The first-order chi connectivity index (χ1) is 11.7. The number of nitrogens with one attached hydrogen (secondary N) is 1. The first-order valence-electron chi connectivity index (χ1n) is 7.83. The van der Waals surface area contributed by atoms with Gasteiger partial charge in [0.05, 0.1) is 6.54 Å². The molecule has 2 N–H and O–H groups in total. The standard InChI is InChI=1S/C16H19F3N2O4.ClH/c17-16(18,19)25-12-5-3-11(4-6-12)7-8-20-14(22)10-21-9-1-2-13(21)15(23)24;/h3-6,13H,1-2,7-10H2,(H,20,22)(H,23,24);1H/t13-;/m1./s1. The highest BCUT2D eigenvalue weighted by atomic mass is 35.5. The van der Waals surface area contributed by atoms with Crippen molar-refractivity contribution in [2.75, 3.05) is 19.6 Å². The molecule has 1 fully saturated rings. The number of carbonyl (C=O) groups excluding carboxylic acids is 1. The van der Waals surface area contributed by atoms with E-state index in [0.717, 1.165) is 12.0 Å². The van der Waals surface area contributed by atoms with Gasteiger partial charge in [-0.3, -0.25) is 14.5 Å². The highest BCUT2D eigenvalue weighted by Crippen LogP contribution is 2.22. The molecule has 146 valence electrons. The van der Waals surface area contributed by atoms with E-state index in [4.69, 9.17) is 5.11 Å². The fourth-order valence-corrected chi connectivity index (χ4v) is 2.74. The summed E-state index contributed by atoms with van der Waals surface area (Å²) >= 11 is 0. The van der Waals surface area contributed by atoms with Crippen LogP contribution >= 0.6 is 12.4 Å². The van der Waals surface area contributed by atoms with E-state index in [1.54, 1.807) is 4.90 Å². The Balaban J connectivity index is 0.00000338. The molecule has 0 spiro atoms. The van der Waals surface area contributed by atoms with Gasteiger partial charge in [0, 0.05) is 6.54 Å². The molecule has 0 radical (unpaired) electrons. The zero-order valence-corrected chi connectivity index (χ0v) is 14.6. The van der Waals surface area contributed by atoms with Crippen LogP contribution in [0.3, 0.4) is 0 Å². The first-order valence-corrected chi connectivity index (χ1v) is 7.83. The molecule has 0 saturated carbocycles. The molecule has 1 saturated heterocycles. The molecule has 1 amide bonds. The number of carboxylic acids is 1. The summed E-state index contributed by atoms with van der Waals surface area (Å²) in [5.41, 5.74) is 0.749. The Morgan fingerprint density at radius 3 is 2.50 bits per heavy atom. The number of nitrogens with zero attached hydrogens (tertiary/aromatic N) is 1. The van der Waals surface area contributed by atoms with Crippen molar-refractivity contribution in [3.8, 4) is 5.75 Å². The third-order valence-electron chi connectivity index (χ3n) is 3.89. The Bertz CT molecular complexity index is 611. The first kappa shape index (κ1) is 22.0. The van der Waals surface area contributed by atoms with Gasteiger partial charge in [-0.15, -0.1) is 25.6 Å². The van der Waals surface area contributed by atoms with Crippen LogP contribution in [0.5, 0.6) is 5.75 Å². The molecule has 10 heteroatoms. The second-order valence-electron chi connectivity index (χ2n) is 5.76. The van der Waals surface area contributed by atoms with E-state index in [2.05, 4.69) is 10.1 Å². The monoisotopic (exact) mass is 396 g/mol. The number of likely N-dealkylation sites (tertiary alicyclic amines) is 1. The van der Waals surface area contributed by atoms with E-state index in [-0.39, 0.29) is 30.6 Å². The highest BCUT2D eigenvalue weighted by molar-refractivity contribution is 5.85. The molecular formula is C16H20ClF3N2O4. The maximum Gasteiger partial charge on any atom is 0.573 e. The van der Waals surface area contributed by atoms with Crippen LogP contribution in [0.25, 0.3) is 0 Å². The van der Waals surface area contributed by atoms with Gasteiger partial charge in [-0.25, -0.2) is 0 Å². The molecule has 0 aliphatic carbocycles. The lowest BCUT2D eigenvalue weighted by molar-refractivity contribution is -0.274. The number of amides is 1. The average molecular weight is 397 g/mol. The number of hydrogen-bond donors (Lipinski definition) is 2. The van der Waals surface area contributed by atoms with Crippen molar-refractivity contribution in [2.45, 2.75) is 31.7 Å². The van der Waals surface area contributed by atoms with E-state index < -0.39 is 18.4 Å². The molecule has 1 aromatic rings. The van der Waals surface area contributed by atoms with E-state index in [1.807, 2.05) is 0 Å². The number of aliphatic carboxylic acids is 1. The molecule has 1 heterocycles. The fourth-order valence-electron chi connectivity index (χ4n) is 2.74. The predicted molar refractivity (Wildman–Crippen MR) is 89.3 cm³/mol. The smallest absolute Gasteiger partial charge is 0.480 e. The van der Waals surface area contributed by atoms with Gasteiger partial charge in [-0.05, 0) is 43.5 Å². The summed E-state index contributed by atoms with van der Waals surface area (Å²) in [6.07, 6.45) is -3.00. The van der Waals surface area contributed by atoms with Crippen molar-refractivity contribution in [1.29, 1.82) is 0 Å². The van der Waals surface area contributed by atoms with E-state index in [1.165, 1.54) is 24.3 Å². The highest BCUT2D eigenvalue weighted by Gasteiger charge is 2.32. The molecule has 1 atom stereocenters. The van der Waals surface area contributed by atoms with E-state index >= 15 is 0 Å². The predicted octanol–water partition coefficient (Wildman–Crippen LogP) is 2.21. The number of halogens is 4. The topological polar surface area (TPSA) is 78.9 Å². The van der Waals surface area contributed by atoms with Gasteiger partial charge in [-0.1, -0.05) is 12.1 Å². The molecule has 6 nitrogen and oxygen atoms in total. The molecule has 1 aliphatic heterocycles. The normalized spacial score (nSPS) is 17.4. The Kier molecular flexibility index (Phi) is 8.16. The quantitative estimate of drug-likeness (QED) is 0.739. The lowest BCUT2D eigenvalue weighted by Gasteiger charge is -2.20. The number of ether oxygens (including phenoxy) is 1. The van der Waals surface area contributed by atoms with Crippen LogP contribution in [-0.4, -0.2) is 53.9 Å². The molecule has 2 rings (SSSR count). The summed E-state index contributed by atoms with van der Waals surface area (Å²) in [7, 11) is 0. The summed E-state index contributed by atoms with van der Waals surface area (Å²) in [6.45, 7) is 0.907. The Morgan fingerprint density at radius 2 is 1.92 bits per heavy atom. The van der Waals surface area contributed by atoms with Crippen LogP contribution in [0.1, 0.15) is 18.4 Å². The number of alkyl halides is 3. The van der Waals surface area contributed by atoms with Crippen molar-refractivity contribution >= 4 is 24.3 Å². The molecule has 0 aromatic heterocycles. The Labute approximate surface area is 154 Å². The Morgan fingerprint density at radius 1 is 1.27 bits per heavy atom. The average Bonchev–Trinajstić information content (AvgIpc) is 2.96. The minimum Gasteiger partial charge on any atom is -0.480 e. The van der Waals surface area contributed by atoms with Crippen molar-refractivity contribution in [2.24, 2.45) is 0 Å². The van der Waals surface area contributed by atoms with Crippen LogP contribution in [0, 0.1) is 0 Å². The van der Waals surface area contributed by atoms with Gasteiger partial charge in [0.1, 0.15) is 11.8 Å². The number of hydrogen-bond acceptors (Lipinski definition) is 4. The molecule has 1 aliphatic rings. The molecule has 0 unspecified atom stereocenters. The number of carboxylic acid groups (broad SMARTS) is 1. The molecule has 26 heavy (non-hydrogen) atoms. The van der Waals surface area contributed by atoms with Crippen LogP contribution in [0.15, 0.2) is 24.3 Å². The maximum absolute atomic E-state index is 12.1. The van der Waals surface area contributed by atoms with Crippen LogP contribution in [0.2, 0.25) is 0 Å². The van der Waals surface area contributed by atoms with Crippen molar-refractivity contribution in [1.82, 2.24) is 10.2 Å². The second-order valence-corrected chi connectivity index (χ2v) is 5.76. The maximum atomic E-state index is 12.1. The third kappa shape index (κ3) is 7.09. The molecule has 0 bridgehead atoms. The third-order valence-corrected chi connectivity index (χ3v) is 3.89. The van der Waals surface area contributed by atoms with Gasteiger partial charge in [-0.2, -0.15) is 0 Å². The summed E-state index contributed by atoms with van der Waals surface area (Å²) in [5, 5.41) is 11.7. The van der Waals surface area contributed by atoms with Crippen molar-refractivity contribution in [3.05, 3.63) is 29.8 Å². The van der Waals surface area contributed by atoms with Gasteiger partial charge >= 0.3 is 12.3 Å². The minimum atomic E-state index is -4.72. The lowest BCUT2D eigenvalue weighted by atomic mass is 10.1. The lowest BCUT2D eigenvalue weighted by Crippen LogP contribution is -2.43. The van der Waals surface area contributed by atoms with Crippen LogP contribution in [-0.2, 0) is 16.0 Å². The molecular weight excluding hydrogens is 377 g/mol. The fraction of sp³-hybridized carbons (Fsp3) is 0.500.